The highest BCUT2D eigenvalue weighted by atomic mass is 33.1. The van der Waals surface area contributed by atoms with Gasteiger partial charge in [0.15, 0.2) is 0 Å². The van der Waals surface area contributed by atoms with E-state index in [0.717, 1.165) is 31.6 Å². The maximum absolute atomic E-state index is 12.7. The molecular formula is C36H61NO4S2. The lowest BCUT2D eigenvalue weighted by Crippen LogP contribution is -2.57. The van der Waals surface area contributed by atoms with E-state index in [2.05, 4.69) is 41.5 Å². The lowest BCUT2D eigenvalue weighted by Gasteiger charge is -2.62. The van der Waals surface area contributed by atoms with Gasteiger partial charge in [0, 0.05) is 6.04 Å². The first-order chi connectivity index (χ1) is 19.8. The highest BCUT2D eigenvalue weighted by molar-refractivity contribution is 8.77. The minimum absolute atomic E-state index is 0.205. The smallest absolute Gasteiger partial charge is 0.320 e. The monoisotopic (exact) mass is 635 g/mol. The van der Waals surface area contributed by atoms with Crippen LogP contribution in [0.5, 0.6) is 0 Å². The summed E-state index contributed by atoms with van der Waals surface area (Å²) in [4.78, 5) is 23.8. The second-order valence-electron chi connectivity index (χ2n) is 16.7. The van der Waals surface area contributed by atoms with Gasteiger partial charge in [0.1, 0.15) is 16.1 Å². The second-order valence-corrected chi connectivity index (χ2v) is 19.6. The third-order valence-corrected chi connectivity index (χ3v) is 16.6. The molecule has 43 heavy (non-hydrogen) atoms. The van der Waals surface area contributed by atoms with Gasteiger partial charge >= 0.3 is 11.9 Å². The molecule has 0 heterocycles. The summed E-state index contributed by atoms with van der Waals surface area (Å²) in [6, 6.07) is 0.316. The molecule has 0 amide bonds. The summed E-state index contributed by atoms with van der Waals surface area (Å²) in [6.45, 7) is 22.7. The molecule has 2 saturated carbocycles. The summed E-state index contributed by atoms with van der Waals surface area (Å²) < 4.78 is 5.92. The average molecular weight is 636 g/mol. The molecule has 0 aromatic rings. The maximum atomic E-state index is 12.7. The molecule has 2 fully saturated rings. The van der Waals surface area contributed by atoms with E-state index in [1.54, 1.807) is 13.8 Å². The lowest BCUT2D eigenvalue weighted by molar-refractivity contribution is -0.156. The molecule has 0 aliphatic heterocycles. The van der Waals surface area contributed by atoms with Crippen molar-refractivity contribution >= 4 is 33.5 Å². The Morgan fingerprint density at radius 1 is 0.953 bits per heavy atom. The molecule has 7 heteroatoms. The number of carbonyl (C=O) groups excluding carboxylic acids is 1. The van der Waals surface area contributed by atoms with Crippen molar-refractivity contribution in [2.75, 3.05) is 0 Å². The van der Waals surface area contributed by atoms with Crippen LogP contribution in [-0.2, 0) is 14.3 Å². The van der Waals surface area contributed by atoms with Gasteiger partial charge in [0.25, 0.3) is 0 Å². The van der Waals surface area contributed by atoms with Gasteiger partial charge in [0.2, 0.25) is 0 Å². The number of hydrogen-bond acceptors (Lipinski definition) is 6. The normalized spacial score (nSPS) is 37.5. The van der Waals surface area contributed by atoms with Crippen molar-refractivity contribution in [1.29, 1.82) is 0 Å². The zero-order chi connectivity index (χ0) is 32.2. The summed E-state index contributed by atoms with van der Waals surface area (Å²) in [6.07, 6.45) is 13.2. The van der Waals surface area contributed by atoms with E-state index in [0.29, 0.717) is 34.1 Å². The number of aliphatic carboxylic acids is 1. The maximum Gasteiger partial charge on any atom is 0.320 e. The topological polar surface area (TPSA) is 89.6 Å². The van der Waals surface area contributed by atoms with Gasteiger partial charge in [-0.15, -0.1) is 0 Å². The third-order valence-electron chi connectivity index (χ3n) is 13.5. The zero-order valence-electron chi connectivity index (χ0n) is 28.8. The Labute approximate surface area is 270 Å². The van der Waals surface area contributed by atoms with Gasteiger partial charge in [-0.1, -0.05) is 80.7 Å². The van der Waals surface area contributed by atoms with E-state index in [9.17, 15) is 9.59 Å². The Kier molecular flexibility index (Phi) is 10.2. The predicted octanol–water partition coefficient (Wildman–Crippen LogP) is 9.43. The van der Waals surface area contributed by atoms with Gasteiger partial charge in [0.05, 0.1) is 0 Å². The van der Waals surface area contributed by atoms with Crippen molar-refractivity contribution in [3.63, 3.8) is 0 Å². The molecule has 3 unspecified atom stereocenters. The molecule has 246 valence electrons. The van der Waals surface area contributed by atoms with Gasteiger partial charge in [-0.05, 0) is 131 Å². The number of ether oxygens (including phenoxy) is 1. The first-order valence-electron chi connectivity index (χ1n) is 17.1. The minimum atomic E-state index is -0.866. The van der Waals surface area contributed by atoms with E-state index in [4.69, 9.17) is 15.6 Å². The van der Waals surface area contributed by atoms with Crippen molar-refractivity contribution in [2.45, 2.75) is 162 Å². The Bertz CT molecular complexity index is 1100. The van der Waals surface area contributed by atoms with Crippen molar-refractivity contribution in [2.24, 2.45) is 45.1 Å². The number of allylic oxidation sites excluding steroid dienone is 2. The average Bonchev–Trinajstić information content (AvgIpc) is 3.20. The molecule has 4 aliphatic carbocycles. The SMILES string of the molecule is CC(SSC(C)C(=O)OC(C)(C)CCC[C@@H](C)[C@H]1CC[C@@]2(C)C3=C(CC[C@]12C)[C@@]1(C)CCC(N)C(C)(C)[C@@H]1CC3)C(=O)O. The van der Waals surface area contributed by atoms with E-state index < -0.39 is 22.1 Å². The van der Waals surface area contributed by atoms with Crippen LogP contribution < -0.4 is 5.73 Å². The fourth-order valence-electron chi connectivity index (χ4n) is 10.4. The third kappa shape index (κ3) is 6.35. The van der Waals surface area contributed by atoms with E-state index in [-0.39, 0.29) is 11.4 Å². The molecule has 0 aromatic heterocycles. The Hall–Kier alpha value is -0.660. The molecule has 3 N–H and O–H groups in total. The van der Waals surface area contributed by atoms with Crippen LogP contribution in [0.1, 0.15) is 140 Å². The van der Waals surface area contributed by atoms with Gasteiger partial charge < -0.3 is 15.6 Å². The molecule has 5 nitrogen and oxygen atoms in total. The van der Waals surface area contributed by atoms with Gasteiger partial charge in [-0.3, -0.25) is 9.59 Å². The predicted molar refractivity (Wildman–Crippen MR) is 182 cm³/mol. The molecule has 4 rings (SSSR count). The van der Waals surface area contributed by atoms with Crippen LogP contribution in [0.3, 0.4) is 0 Å². The highest BCUT2D eigenvalue weighted by Crippen LogP contribution is 2.72. The van der Waals surface area contributed by atoms with Crippen LogP contribution in [-0.4, -0.2) is 39.2 Å². The van der Waals surface area contributed by atoms with Crippen molar-refractivity contribution in [1.82, 2.24) is 0 Å². The standard InChI is InChI=1S/C36H61NO4S2/c1-22(12-11-18-32(4,5)41-31(40)24(3)43-42-23(2)30(38)39)25-15-20-36(10)27-13-14-28-33(6,7)29(37)17-19-34(28,8)26(27)16-21-35(25,36)9/h22-25,28-29H,11-21,37H2,1-10H3,(H,38,39)/t22-,23?,24?,25-,28+,29?,34-,35-,36+/m1/s1. The fraction of sp³-hybridized carbons (Fsp3) is 0.889. The number of carboxylic acid groups (broad SMARTS) is 1. The van der Waals surface area contributed by atoms with Crippen LogP contribution in [0, 0.1) is 39.4 Å². The number of esters is 1. The van der Waals surface area contributed by atoms with Crippen molar-refractivity contribution in [3.8, 4) is 0 Å². The van der Waals surface area contributed by atoms with Gasteiger partial charge in [-0.25, -0.2) is 0 Å². The van der Waals surface area contributed by atoms with Crippen molar-refractivity contribution < 1.29 is 19.4 Å². The first kappa shape index (κ1) is 35.2. The van der Waals surface area contributed by atoms with Crippen LogP contribution in [0.15, 0.2) is 11.1 Å². The summed E-state index contributed by atoms with van der Waals surface area (Å²) in [5.41, 5.74) is 11.0. The zero-order valence-corrected chi connectivity index (χ0v) is 30.4. The van der Waals surface area contributed by atoms with E-state index in [1.807, 2.05) is 25.0 Å². The number of carbonyl (C=O) groups is 2. The first-order valence-corrected chi connectivity index (χ1v) is 19.3. The van der Waals surface area contributed by atoms with E-state index in [1.165, 1.54) is 66.5 Å². The van der Waals surface area contributed by atoms with E-state index >= 15 is 0 Å². The summed E-state index contributed by atoms with van der Waals surface area (Å²) in [5, 5.41) is 8.15. The molecule has 4 aliphatic rings. The summed E-state index contributed by atoms with van der Waals surface area (Å²) in [5.74, 6) is 0.934. The molecular weight excluding hydrogens is 575 g/mol. The molecule has 9 atom stereocenters. The number of fused-ring (bicyclic) bond motifs is 4. The Morgan fingerprint density at radius 2 is 1.60 bits per heavy atom. The number of carboxylic acids is 1. The molecule has 0 bridgehead atoms. The number of hydrogen-bond donors (Lipinski definition) is 2. The second kappa shape index (κ2) is 12.5. The Morgan fingerprint density at radius 3 is 2.26 bits per heavy atom. The molecule has 0 saturated heterocycles. The molecule has 0 radical (unpaired) electrons. The number of rotatable bonds is 11. The van der Waals surface area contributed by atoms with Crippen LogP contribution in [0.4, 0.5) is 0 Å². The molecule has 0 aromatic carbocycles. The van der Waals surface area contributed by atoms with Gasteiger partial charge in [-0.2, -0.15) is 0 Å². The Balaban J connectivity index is 1.37. The van der Waals surface area contributed by atoms with Crippen LogP contribution >= 0.6 is 21.6 Å². The largest absolute Gasteiger partial charge is 0.480 e. The molecule has 0 spiro atoms. The van der Waals surface area contributed by atoms with Crippen LogP contribution in [0.25, 0.3) is 0 Å². The highest BCUT2D eigenvalue weighted by Gasteiger charge is 2.63. The quantitative estimate of drug-likeness (QED) is 0.133. The summed E-state index contributed by atoms with van der Waals surface area (Å²) >= 11 is 0. The minimum Gasteiger partial charge on any atom is -0.480 e. The van der Waals surface area contributed by atoms with Crippen molar-refractivity contribution in [3.05, 3.63) is 11.1 Å². The summed E-state index contributed by atoms with van der Waals surface area (Å²) in [7, 11) is 2.49. The fourth-order valence-corrected chi connectivity index (χ4v) is 12.4. The lowest BCUT2D eigenvalue weighted by atomic mass is 9.43. The number of nitrogens with two attached hydrogens (primary N) is 1. The van der Waals surface area contributed by atoms with Crippen LogP contribution in [0.2, 0.25) is 0 Å².